The van der Waals surface area contributed by atoms with Crippen LogP contribution < -0.4 is 5.69 Å². The molecule has 0 aliphatic carbocycles. The summed E-state index contributed by atoms with van der Waals surface area (Å²) >= 11 is 5.84. The minimum Gasteiger partial charge on any atom is -0.467 e. The van der Waals surface area contributed by atoms with Crippen molar-refractivity contribution in [2.75, 3.05) is 7.11 Å². The van der Waals surface area contributed by atoms with Gasteiger partial charge in [0.15, 0.2) is 0 Å². The Morgan fingerprint density at radius 3 is 2.81 bits per heavy atom. The van der Waals surface area contributed by atoms with E-state index in [2.05, 4.69) is 5.10 Å². The standard InChI is InChI=1S/C14H14ClN3O3/c1-21-13(19)11-6-7-12-16-17(14(20)18(11)12)8-9-2-4-10(15)5-3-9/h2-5,11H,6-8H2,1H3/t11-/m0/s1. The molecular formula is C14H14ClN3O3. The average Bonchev–Trinajstić information content (AvgIpc) is 3.02. The Balaban J connectivity index is 1.91. The quantitative estimate of drug-likeness (QED) is 0.804. The van der Waals surface area contributed by atoms with Crippen molar-refractivity contribution in [1.82, 2.24) is 14.3 Å². The van der Waals surface area contributed by atoms with Crippen molar-refractivity contribution < 1.29 is 9.53 Å². The smallest absolute Gasteiger partial charge is 0.347 e. The van der Waals surface area contributed by atoms with Crippen LogP contribution in [0.15, 0.2) is 29.1 Å². The molecule has 0 saturated carbocycles. The Labute approximate surface area is 125 Å². The molecule has 0 spiro atoms. The molecule has 2 heterocycles. The summed E-state index contributed by atoms with van der Waals surface area (Å²) in [4.78, 5) is 24.1. The molecule has 110 valence electrons. The first-order valence-corrected chi connectivity index (χ1v) is 6.98. The predicted molar refractivity (Wildman–Crippen MR) is 76.4 cm³/mol. The lowest BCUT2D eigenvalue weighted by molar-refractivity contribution is -0.144. The zero-order valence-electron chi connectivity index (χ0n) is 11.5. The van der Waals surface area contributed by atoms with Gasteiger partial charge < -0.3 is 4.74 Å². The third kappa shape index (κ3) is 2.47. The van der Waals surface area contributed by atoms with Crippen LogP contribution >= 0.6 is 11.6 Å². The van der Waals surface area contributed by atoms with Gasteiger partial charge in [0, 0.05) is 11.4 Å². The van der Waals surface area contributed by atoms with E-state index in [-0.39, 0.29) is 5.69 Å². The number of ether oxygens (including phenoxy) is 1. The number of halogens is 1. The summed E-state index contributed by atoms with van der Waals surface area (Å²) in [6, 6.07) is 6.66. The number of nitrogens with zero attached hydrogens (tertiary/aromatic N) is 3. The van der Waals surface area contributed by atoms with Crippen molar-refractivity contribution in [1.29, 1.82) is 0 Å². The van der Waals surface area contributed by atoms with Crippen LogP contribution in [0.1, 0.15) is 23.9 Å². The average molecular weight is 308 g/mol. The Kier molecular flexibility index (Phi) is 3.55. The fourth-order valence-corrected chi connectivity index (χ4v) is 2.69. The van der Waals surface area contributed by atoms with E-state index in [0.717, 1.165) is 5.56 Å². The molecule has 7 heteroatoms. The van der Waals surface area contributed by atoms with Crippen LogP contribution in [0.3, 0.4) is 0 Å². The maximum absolute atomic E-state index is 12.4. The van der Waals surface area contributed by atoms with Crippen molar-refractivity contribution in [3.05, 3.63) is 51.2 Å². The molecule has 0 fully saturated rings. The number of esters is 1. The lowest BCUT2D eigenvalue weighted by Gasteiger charge is -2.08. The number of carbonyl (C=O) groups is 1. The second kappa shape index (κ2) is 5.37. The van der Waals surface area contributed by atoms with E-state index in [9.17, 15) is 9.59 Å². The first-order chi connectivity index (χ1) is 10.1. The molecule has 2 aromatic rings. The minimum absolute atomic E-state index is 0.284. The van der Waals surface area contributed by atoms with Gasteiger partial charge in [0.1, 0.15) is 11.9 Å². The molecule has 1 aromatic carbocycles. The van der Waals surface area contributed by atoms with E-state index in [1.54, 1.807) is 12.1 Å². The summed E-state index contributed by atoms with van der Waals surface area (Å²) in [5.74, 6) is 0.228. The van der Waals surface area contributed by atoms with Gasteiger partial charge >= 0.3 is 11.7 Å². The van der Waals surface area contributed by atoms with Gasteiger partial charge in [-0.2, -0.15) is 5.10 Å². The van der Waals surface area contributed by atoms with Gasteiger partial charge in [0.05, 0.1) is 13.7 Å². The van der Waals surface area contributed by atoms with Crippen molar-refractivity contribution in [3.8, 4) is 0 Å². The molecular weight excluding hydrogens is 294 g/mol. The molecule has 0 amide bonds. The molecule has 0 radical (unpaired) electrons. The highest BCUT2D eigenvalue weighted by Crippen LogP contribution is 2.23. The topological polar surface area (TPSA) is 66.1 Å². The highest BCUT2D eigenvalue weighted by Gasteiger charge is 2.33. The molecule has 0 N–H and O–H groups in total. The van der Waals surface area contributed by atoms with Gasteiger partial charge in [0.25, 0.3) is 0 Å². The summed E-state index contributed by atoms with van der Waals surface area (Å²) in [5.41, 5.74) is 0.640. The Hall–Kier alpha value is -2.08. The van der Waals surface area contributed by atoms with Gasteiger partial charge in [-0.3, -0.25) is 4.57 Å². The second-order valence-corrected chi connectivity index (χ2v) is 5.37. The molecule has 3 rings (SSSR count). The van der Waals surface area contributed by atoms with E-state index in [0.29, 0.717) is 30.2 Å². The fourth-order valence-electron chi connectivity index (χ4n) is 2.57. The molecule has 1 atom stereocenters. The Morgan fingerprint density at radius 2 is 2.14 bits per heavy atom. The number of fused-ring (bicyclic) bond motifs is 1. The summed E-state index contributed by atoms with van der Waals surface area (Å²) in [5, 5.41) is 4.94. The van der Waals surface area contributed by atoms with Crippen LogP contribution in [-0.4, -0.2) is 27.4 Å². The molecule has 1 aliphatic rings. The molecule has 0 unspecified atom stereocenters. The number of rotatable bonds is 3. The first kappa shape index (κ1) is 13.9. The zero-order valence-corrected chi connectivity index (χ0v) is 12.2. The number of hydrogen-bond donors (Lipinski definition) is 0. The van der Waals surface area contributed by atoms with Gasteiger partial charge in [-0.25, -0.2) is 14.3 Å². The first-order valence-electron chi connectivity index (χ1n) is 6.60. The maximum Gasteiger partial charge on any atom is 0.347 e. The number of aryl methyl sites for hydroxylation is 1. The van der Waals surface area contributed by atoms with Crippen LogP contribution in [0.2, 0.25) is 5.02 Å². The third-order valence-electron chi connectivity index (χ3n) is 3.61. The normalized spacial score (nSPS) is 16.8. The highest BCUT2D eigenvalue weighted by molar-refractivity contribution is 6.30. The maximum atomic E-state index is 12.4. The fraction of sp³-hybridized carbons (Fsp3) is 0.357. The van der Waals surface area contributed by atoms with Crippen LogP contribution in [0.5, 0.6) is 0 Å². The van der Waals surface area contributed by atoms with Gasteiger partial charge in [-0.05, 0) is 24.1 Å². The van der Waals surface area contributed by atoms with E-state index in [1.165, 1.54) is 16.4 Å². The van der Waals surface area contributed by atoms with Crippen molar-refractivity contribution >= 4 is 17.6 Å². The van der Waals surface area contributed by atoms with E-state index in [4.69, 9.17) is 16.3 Å². The lowest BCUT2D eigenvalue weighted by Crippen LogP contribution is -2.30. The molecule has 0 bridgehead atoms. The Morgan fingerprint density at radius 1 is 1.43 bits per heavy atom. The van der Waals surface area contributed by atoms with Gasteiger partial charge in [-0.15, -0.1) is 0 Å². The summed E-state index contributed by atoms with van der Waals surface area (Å²) in [6.45, 7) is 0.351. The van der Waals surface area contributed by atoms with Crippen LogP contribution in [0, 0.1) is 0 Å². The zero-order chi connectivity index (χ0) is 15.0. The van der Waals surface area contributed by atoms with E-state index in [1.807, 2.05) is 12.1 Å². The molecule has 6 nitrogen and oxygen atoms in total. The Bertz CT molecular complexity index is 733. The van der Waals surface area contributed by atoms with E-state index >= 15 is 0 Å². The van der Waals surface area contributed by atoms with Crippen molar-refractivity contribution in [2.45, 2.75) is 25.4 Å². The van der Waals surface area contributed by atoms with Crippen molar-refractivity contribution in [3.63, 3.8) is 0 Å². The molecule has 21 heavy (non-hydrogen) atoms. The van der Waals surface area contributed by atoms with Gasteiger partial charge in [0.2, 0.25) is 0 Å². The molecule has 0 saturated heterocycles. The van der Waals surface area contributed by atoms with Crippen molar-refractivity contribution in [2.24, 2.45) is 0 Å². The second-order valence-electron chi connectivity index (χ2n) is 4.93. The summed E-state index contributed by atoms with van der Waals surface area (Å²) in [6.07, 6.45) is 1.16. The van der Waals surface area contributed by atoms with Crippen LogP contribution in [0.25, 0.3) is 0 Å². The predicted octanol–water partition coefficient (Wildman–Crippen LogP) is 1.41. The summed E-state index contributed by atoms with van der Waals surface area (Å²) in [7, 11) is 1.32. The molecule has 1 aromatic heterocycles. The summed E-state index contributed by atoms with van der Waals surface area (Å²) < 4.78 is 7.54. The molecule has 1 aliphatic heterocycles. The lowest BCUT2D eigenvalue weighted by atomic mass is 10.2. The number of benzene rings is 1. The highest BCUT2D eigenvalue weighted by atomic mass is 35.5. The minimum atomic E-state index is -0.559. The SMILES string of the molecule is COC(=O)[C@@H]1CCc2nn(Cc3ccc(Cl)cc3)c(=O)n21. The number of hydrogen-bond acceptors (Lipinski definition) is 4. The largest absolute Gasteiger partial charge is 0.467 e. The van der Waals surface area contributed by atoms with Crippen LogP contribution in [0.4, 0.5) is 0 Å². The number of aromatic nitrogens is 3. The van der Waals surface area contributed by atoms with Crippen LogP contribution in [-0.2, 0) is 22.5 Å². The van der Waals surface area contributed by atoms with Gasteiger partial charge in [-0.1, -0.05) is 23.7 Å². The number of carbonyl (C=O) groups excluding carboxylic acids is 1. The number of methoxy groups -OCH3 is 1. The monoisotopic (exact) mass is 307 g/mol. The third-order valence-corrected chi connectivity index (χ3v) is 3.87. The van der Waals surface area contributed by atoms with E-state index < -0.39 is 12.0 Å².